The third-order valence-electron chi connectivity index (χ3n) is 2.83. The summed E-state index contributed by atoms with van der Waals surface area (Å²) >= 11 is 0. The van der Waals surface area contributed by atoms with Crippen LogP contribution in [0.2, 0.25) is 0 Å². The summed E-state index contributed by atoms with van der Waals surface area (Å²) < 4.78 is 5.62. The van der Waals surface area contributed by atoms with E-state index >= 15 is 0 Å². The van der Waals surface area contributed by atoms with Crippen molar-refractivity contribution in [3.8, 4) is 17.7 Å². The molecule has 1 aromatic carbocycles. The van der Waals surface area contributed by atoms with Crippen LogP contribution in [0.5, 0.6) is 11.6 Å². The molecule has 5 heteroatoms. The Morgan fingerprint density at radius 3 is 2.80 bits per heavy atom. The van der Waals surface area contributed by atoms with Crippen molar-refractivity contribution in [2.24, 2.45) is 0 Å². The highest BCUT2D eigenvalue weighted by Crippen LogP contribution is 2.29. The van der Waals surface area contributed by atoms with Gasteiger partial charge in [0, 0.05) is 11.9 Å². The largest absolute Gasteiger partial charge is 0.437 e. The van der Waals surface area contributed by atoms with Gasteiger partial charge in [-0.3, -0.25) is 4.79 Å². The zero-order chi connectivity index (χ0) is 14.7. The highest BCUT2D eigenvalue weighted by Gasteiger charge is 2.14. The molecule has 0 saturated carbocycles. The Hall–Kier alpha value is -2.87. The Balaban J connectivity index is 2.49. The van der Waals surface area contributed by atoms with Gasteiger partial charge in [0.2, 0.25) is 5.88 Å². The number of aryl methyl sites for hydroxylation is 1. The number of aromatic nitrogens is 1. The van der Waals surface area contributed by atoms with Crippen molar-refractivity contribution in [2.75, 3.05) is 5.73 Å². The fourth-order valence-electron chi connectivity index (χ4n) is 1.76. The summed E-state index contributed by atoms with van der Waals surface area (Å²) in [5, 5.41) is 9.14. The molecule has 0 bridgehead atoms. The third-order valence-corrected chi connectivity index (χ3v) is 2.83. The molecule has 2 rings (SSSR count). The van der Waals surface area contributed by atoms with Crippen molar-refractivity contribution in [1.82, 2.24) is 4.98 Å². The number of rotatable bonds is 3. The van der Waals surface area contributed by atoms with Crippen LogP contribution in [0.1, 0.15) is 28.4 Å². The Kier molecular flexibility index (Phi) is 3.67. The van der Waals surface area contributed by atoms with Crippen molar-refractivity contribution in [2.45, 2.75) is 13.8 Å². The number of ketones is 1. The fourth-order valence-corrected chi connectivity index (χ4v) is 1.76. The van der Waals surface area contributed by atoms with E-state index in [1.165, 1.54) is 6.92 Å². The lowest BCUT2D eigenvalue weighted by Gasteiger charge is -2.11. The van der Waals surface area contributed by atoms with Crippen LogP contribution in [0.15, 0.2) is 30.5 Å². The summed E-state index contributed by atoms with van der Waals surface area (Å²) in [6.07, 6.45) is 1.55. The minimum absolute atomic E-state index is 0.168. The number of nitrogens with two attached hydrogens (primary N) is 1. The summed E-state index contributed by atoms with van der Waals surface area (Å²) in [5.74, 6) is 0.347. The van der Waals surface area contributed by atoms with Gasteiger partial charge in [-0.2, -0.15) is 5.26 Å². The van der Waals surface area contributed by atoms with Crippen molar-refractivity contribution < 1.29 is 9.53 Å². The highest BCUT2D eigenvalue weighted by atomic mass is 16.5. The topological polar surface area (TPSA) is 89.0 Å². The molecular weight excluding hydrogens is 254 g/mol. The number of ether oxygens (including phenoxy) is 1. The average Bonchev–Trinajstić information content (AvgIpc) is 2.41. The number of benzene rings is 1. The summed E-state index contributed by atoms with van der Waals surface area (Å²) in [6, 6.07) is 8.53. The summed E-state index contributed by atoms with van der Waals surface area (Å²) in [4.78, 5) is 15.7. The average molecular weight is 267 g/mol. The number of nitrogen functional groups attached to an aromatic ring is 1. The Labute approximate surface area is 116 Å². The predicted molar refractivity (Wildman–Crippen MR) is 74.6 cm³/mol. The number of hydrogen-bond donors (Lipinski definition) is 1. The number of anilines is 1. The smallest absolute Gasteiger partial charge is 0.237 e. The van der Waals surface area contributed by atoms with E-state index in [9.17, 15) is 4.79 Å². The van der Waals surface area contributed by atoms with Gasteiger partial charge in [-0.15, -0.1) is 0 Å². The first kappa shape index (κ1) is 13.6. The first-order valence-electron chi connectivity index (χ1n) is 5.97. The lowest BCUT2D eigenvalue weighted by Crippen LogP contribution is -2.01. The van der Waals surface area contributed by atoms with Crippen LogP contribution in [-0.4, -0.2) is 10.8 Å². The van der Waals surface area contributed by atoms with Crippen LogP contribution in [-0.2, 0) is 0 Å². The first-order valence-corrected chi connectivity index (χ1v) is 5.97. The molecule has 0 aliphatic heterocycles. The Bertz CT molecular complexity index is 718. The van der Waals surface area contributed by atoms with Gasteiger partial charge in [-0.05, 0) is 43.7 Å². The number of carbonyl (C=O) groups is 1. The van der Waals surface area contributed by atoms with E-state index < -0.39 is 0 Å². The maximum absolute atomic E-state index is 11.6. The molecule has 0 saturated heterocycles. The molecule has 0 aliphatic carbocycles. The van der Waals surface area contributed by atoms with E-state index in [1.807, 2.05) is 6.07 Å². The SMILES string of the molecule is CC(=O)c1cc(N)ccc1Oc1nccc(C)c1C#N. The standard InChI is InChI=1S/C15H13N3O2/c1-9-5-6-18-15(13(9)8-16)20-14-4-3-11(17)7-12(14)10(2)19/h3-7H,17H2,1-2H3. The second-order valence-corrected chi connectivity index (χ2v) is 4.33. The monoisotopic (exact) mass is 267 g/mol. The number of nitrogens with zero attached hydrogens (tertiary/aromatic N) is 2. The van der Waals surface area contributed by atoms with E-state index in [1.54, 1.807) is 37.4 Å². The molecule has 0 aliphatic rings. The number of carbonyl (C=O) groups excluding carboxylic acids is 1. The lowest BCUT2D eigenvalue weighted by molar-refractivity contribution is 0.101. The highest BCUT2D eigenvalue weighted by molar-refractivity contribution is 5.97. The van der Waals surface area contributed by atoms with Gasteiger partial charge < -0.3 is 10.5 Å². The number of hydrogen-bond acceptors (Lipinski definition) is 5. The van der Waals surface area contributed by atoms with Crippen LogP contribution in [0.25, 0.3) is 0 Å². The quantitative estimate of drug-likeness (QED) is 0.682. The number of pyridine rings is 1. The molecule has 1 heterocycles. The lowest BCUT2D eigenvalue weighted by atomic mass is 10.1. The zero-order valence-corrected chi connectivity index (χ0v) is 11.2. The maximum atomic E-state index is 11.6. The second kappa shape index (κ2) is 5.41. The molecule has 2 N–H and O–H groups in total. The first-order chi connectivity index (χ1) is 9.52. The van der Waals surface area contributed by atoms with E-state index in [4.69, 9.17) is 15.7 Å². The fraction of sp³-hybridized carbons (Fsp3) is 0.133. The van der Waals surface area contributed by atoms with E-state index in [0.29, 0.717) is 22.6 Å². The van der Waals surface area contributed by atoms with Crippen LogP contribution < -0.4 is 10.5 Å². The van der Waals surface area contributed by atoms with Gasteiger partial charge in [-0.1, -0.05) is 0 Å². The van der Waals surface area contributed by atoms with Crippen molar-refractivity contribution in [3.63, 3.8) is 0 Å². The van der Waals surface area contributed by atoms with Crippen molar-refractivity contribution in [3.05, 3.63) is 47.2 Å². The van der Waals surface area contributed by atoms with Crippen molar-refractivity contribution >= 4 is 11.5 Å². The molecule has 2 aromatic rings. The minimum atomic E-state index is -0.168. The molecule has 0 spiro atoms. The Morgan fingerprint density at radius 2 is 2.15 bits per heavy atom. The predicted octanol–water partition coefficient (Wildman–Crippen LogP) is 2.84. The van der Waals surface area contributed by atoms with E-state index in [-0.39, 0.29) is 11.7 Å². The molecular formula is C15H13N3O2. The van der Waals surface area contributed by atoms with E-state index in [2.05, 4.69) is 4.98 Å². The van der Waals surface area contributed by atoms with Gasteiger partial charge in [0.15, 0.2) is 5.78 Å². The maximum Gasteiger partial charge on any atom is 0.237 e. The van der Waals surface area contributed by atoms with Gasteiger partial charge in [0.1, 0.15) is 17.4 Å². The molecule has 0 unspecified atom stereocenters. The van der Waals surface area contributed by atoms with Crippen LogP contribution in [0.3, 0.4) is 0 Å². The minimum Gasteiger partial charge on any atom is -0.437 e. The van der Waals surface area contributed by atoms with Crippen LogP contribution >= 0.6 is 0 Å². The molecule has 0 amide bonds. The second-order valence-electron chi connectivity index (χ2n) is 4.33. The van der Waals surface area contributed by atoms with Crippen LogP contribution in [0, 0.1) is 18.3 Å². The van der Waals surface area contributed by atoms with Gasteiger partial charge in [-0.25, -0.2) is 4.98 Å². The summed E-state index contributed by atoms with van der Waals surface area (Å²) in [6.45, 7) is 3.22. The summed E-state index contributed by atoms with van der Waals surface area (Å²) in [7, 11) is 0. The van der Waals surface area contributed by atoms with Crippen LogP contribution in [0.4, 0.5) is 5.69 Å². The number of nitriles is 1. The van der Waals surface area contributed by atoms with Crippen molar-refractivity contribution in [1.29, 1.82) is 5.26 Å². The van der Waals surface area contributed by atoms with E-state index in [0.717, 1.165) is 5.56 Å². The molecule has 100 valence electrons. The third kappa shape index (κ3) is 2.59. The van der Waals surface area contributed by atoms with Gasteiger partial charge >= 0.3 is 0 Å². The number of Topliss-reactive ketones (excluding diaryl/α,β-unsaturated/α-hetero) is 1. The molecule has 5 nitrogen and oxygen atoms in total. The summed E-state index contributed by atoms with van der Waals surface area (Å²) in [5.41, 5.74) is 7.60. The Morgan fingerprint density at radius 1 is 1.40 bits per heavy atom. The normalized spacial score (nSPS) is 9.85. The zero-order valence-electron chi connectivity index (χ0n) is 11.2. The molecule has 0 atom stereocenters. The molecule has 1 aromatic heterocycles. The van der Waals surface area contributed by atoms with Gasteiger partial charge in [0.05, 0.1) is 5.56 Å². The molecule has 0 fully saturated rings. The molecule has 20 heavy (non-hydrogen) atoms. The molecule has 0 radical (unpaired) electrons. The van der Waals surface area contributed by atoms with Gasteiger partial charge in [0.25, 0.3) is 0 Å².